The molecular weight excluding hydrogens is 288 g/mol. The van der Waals surface area contributed by atoms with Crippen LogP contribution in [-0.2, 0) is 24.1 Å². The second kappa shape index (κ2) is 6.63. The van der Waals surface area contributed by atoms with Crippen LogP contribution in [0.15, 0.2) is 24.3 Å². The molecule has 1 saturated heterocycles. The van der Waals surface area contributed by atoms with Crippen LogP contribution in [0.25, 0.3) is 10.9 Å². The zero-order valence-corrected chi connectivity index (χ0v) is 13.7. The van der Waals surface area contributed by atoms with Crippen molar-refractivity contribution in [3.8, 4) is 0 Å². The third kappa shape index (κ3) is 3.03. The Bertz CT molecular complexity index is 673. The molecule has 4 nitrogen and oxygen atoms in total. The van der Waals surface area contributed by atoms with Crippen LogP contribution < -0.4 is 0 Å². The molecule has 1 aromatic carbocycles. The molecule has 124 valence electrons. The van der Waals surface area contributed by atoms with Gasteiger partial charge in [-0.2, -0.15) is 0 Å². The summed E-state index contributed by atoms with van der Waals surface area (Å²) in [7, 11) is 0. The van der Waals surface area contributed by atoms with E-state index < -0.39 is 0 Å². The molecule has 1 aliphatic heterocycles. The fraction of sp³-hybridized carbons (Fsp3) is 0.579. The topological polar surface area (TPSA) is 37.6 Å². The van der Waals surface area contributed by atoms with Crippen molar-refractivity contribution < 1.29 is 9.84 Å². The number of para-hydroxylation sites is 1. The third-order valence-corrected chi connectivity index (χ3v) is 5.25. The minimum absolute atomic E-state index is 0.324. The van der Waals surface area contributed by atoms with E-state index in [0.717, 1.165) is 39.3 Å². The standard InChI is InChI=1S/C19H26N2O2/c22-15(13-20-9-11-23-12-10-20)14-21-18-7-3-1-5-16(18)17-6-2-4-8-19(17)21/h1,3,5,7,15,22H,2,4,6,8-14H2/t15-/m0/s1. The fourth-order valence-corrected chi connectivity index (χ4v) is 4.15. The Labute approximate surface area is 137 Å². The van der Waals surface area contributed by atoms with Crippen molar-refractivity contribution in [2.75, 3.05) is 32.8 Å². The minimum atomic E-state index is -0.324. The molecule has 0 amide bonds. The normalized spacial score (nSPS) is 20.6. The first-order valence-electron chi connectivity index (χ1n) is 8.90. The summed E-state index contributed by atoms with van der Waals surface area (Å²) in [6.07, 6.45) is 4.56. The molecule has 1 atom stereocenters. The van der Waals surface area contributed by atoms with Crippen LogP contribution in [0.4, 0.5) is 0 Å². The van der Waals surface area contributed by atoms with Crippen LogP contribution in [0.5, 0.6) is 0 Å². The number of hydrogen-bond donors (Lipinski definition) is 1. The van der Waals surface area contributed by atoms with E-state index in [4.69, 9.17) is 4.74 Å². The monoisotopic (exact) mass is 314 g/mol. The Kier molecular flexibility index (Phi) is 4.38. The highest BCUT2D eigenvalue weighted by molar-refractivity contribution is 5.85. The van der Waals surface area contributed by atoms with E-state index >= 15 is 0 Å². The van der Waals surface area contributed by atoms with E-state index in [1.807, 2.05) is 0 Å². The summed E-state index contributed by atoms with van der Waals surface area (Å²) in [6.45, 7) is 4.88. The number of ether oxygens (including phenoxy) is 1. The molecule has 0 bridgehead atoms. The molecule has 23 heavy (non-hydrogen) atoms. The SMILES string of the molecule is O[C@@H](CN1CCOCC1)Cn1c2c(c3ccccc31)CCCC2. The molecule has 1 fully saturated rings. The number of benzene rings is 1. The quantitative estimate of drug-likeness (QED) is 0.940. The summed E-state index contributed by atoms with van der Waals surface area (Å²) >= 11 is 0. The predicted molar refractivity (Wildman–Crippen MR) is 91.8 cm³/mol. The Morgan fingerprint density at radius 3 is 2.70 bits per heavy atom. The van der Waals surface area contributed by atoms with Crippen LogP contribution in [0.1, 0.15) is 24.1 Å². The van der Waals surface area contributed by atoms with Gasteiger partial charge in [-0.05, 0) is 37.3 Å². The molecule has 0 spiro atoms. The Morgan fingerprint density at radius 2 is 1.83 bits per heavy atom. The zero-order chi connectivity index (χ0) is 15.6. The van der Waals surface area contributed by atoms with Gasteiger partial charge in [-0.15, -0.1) is 0 Å². The van der Waals surface area contributed by atoms with E-state index in [2.05, 4.69) is 33.7 Å². The Morgan fingerprint density at radius 1 is 1.04 bits per heavy atom. The first-order chi connectivity index (χ1) is 11.3. The van der Waals surface area contributed by atoms with Gasteiger partial charge in [-0.3, -0.25) is 4.90 Å². The number of morpholine rings is 1. The van der Waals surface area contributed by atoms with Crippen molar-refractivity contribution in [3.05, 3.63) is 35.5 Å². The number of aromatic nitrogens is 1. The lowest BCUT2D eigenvalue weighted by Crippen LogP contribution is -2.42. The number of nitrogens with zero attached hydrogens (tertiary/aromatic N) is 2. The van der Waals surface area contributed by atoms with Crippen LogP contribution in [0.3, 0.4) is 0 Å². The molecule has 0 radical (unpaired) electrons. The first-order valence-corrected chi connectivity index (χ1v) is 8.90. The van der Waals surface area contributed by atoms with Gasteiger partial charge < -0.3 is 14.4 Å². The van der Waals surface area contributed by atoms with Crippen molar-refractivity contribution in [1.29, 1.82) is 0 Å². The van der Waals surface area contributed by atoms with E-state index in [0.29, 0.717) is 6.54 Å². The maximum atomic E-state index is 10.6. The molecule has 1 aliphatic carbocycles. The average Bonchev–Trinajstić information content (AvgIpc) is 2.90. The zero-order valence-electron chi connectivity index (χ0n) is 13.7. The highest BCUT2D eigenvalue weighted by Crippen LogP contribution is 2.32. The third-order valence-electron chi connectivity index (χ3n) is 5.25. The molecule has 2 aromatic rings. The lowest BCUT2D eigenvalue weighted by Gasteiger charge is -2.29. The fourth-order valence-electron chi connectivity index (χ4n) is 4.15. The van der Waals surface area contributed by atoms with Gasteiger partial charge >= 0.3 is 0 Å². The molecular formula is C19H26N2O2. The van der Waals surface area contributed by atoms with Gasteiger partial charge in [0.2, 0.25) is 0 Å². The van der Waals surface area contributed by atoms with E-state index in [1.165, 1.54) is 41.4 Å². The van der Waals surface area contributed by atoms with Crippen molar-refractivity contribution in [3.63, 3.8) is 0 Å². The molecule has 2 aliphatic rings. The number of β-amino-alcohol motifs (C(OH)–C–C–N with tert-alkyl or cyclic N) is 1. The average molecular weight is 314 g/mol. The summed E-state index contributed by atoms with van der Waals surface area (Å²) in [4.78, 5) is 2.31. The number of hydrogen-bond acceptors (Lipinski definition) is 3. The Hall–Kier alpha value is -1.36. The highest BCUT2D eigenvalue weighted by Gasteiger charge is 2.22. The number of aliphatic hydroxyl groups is 1. The largest absolute Gasteiger partial charge is 0.390 e. The molecule has 4 rings (SSSR count). The van der Waals surface area contributed by atoms with Gasteiger partial charge in [-0.25, -0.2) is 0 Å². The van der Waals surface area contributed by atoms with Crippen molar-refractivity contribution in [2.45, 2.75) is 38.3 Å². The number of aliphatic hydroxyl groups excluding tert-OH is 1. The Balaban J connectivity index is 1.58. The molecule has 4 heteroatoms. The van der Waals surface area contributed by atoms with Gasteiger partial charge in [0.25, 0.3) is 0 Å². The smallest absolute Gasteiger partial charge is 0.0845 e. The van der Waals surface area contributed by atoms with Crippen molar-refractivity contribution in [2.24, 2.45) is 0 Å². The number of aryl methyl sites for hydroxylation is 1. The summed E-state index contributed by atoms with van der Waals surface area (Å²) in [5, 5.41) is 12.0. The van der Waals surface area contributed by atoms with Crippen LogP contribution in [0, 0.1) is 0 Å². The highest BCUT2D eigenvalue weighted by atomic mass is 16.5. The molecule has 2 heterocycles. The van der Waals surface area contributed by atoms with E-state index in [1.54, 1.807) is 0 Å². The van der Waals surface area contributed by atoms with Gasteiger partial charge in [0, 0.05) is 36.2 Å². The summed E-state index contributed by atoms with van der Waals surface area (Å²) < 4.78 is 7.77. The van der Waals surface area contributed by atoms with E-state index in [9.17, 15) is 5.11 Å². The molecule has 1 aromatic heterocycles. The van der Waals surface area contributed by atoms with Crippen LogP contribution in [0.2, 0.25) is 0 Å². The molecule has 1 N–H and O–H groups in total. The predicted octanol–water partition coefficient (Wildman–Crippen LogP) is 2.21. The molecule has 0 unspecified atom stereocenters. The van der Waals surface area contributed by atoms with Gasteiger partial charge in [0.05, 0.1) is 25.9 Å². The minimum Gasteiger partial charge on any atom is -0.390 e. The number of rotatable bonds is 4. The first kappa shape index (κ1) is 15.2. The maximum absolute atomic E-state index is 10.6. The maximum Gasteiger partial charge on any atom is 0.0845 e. The molecule has 0 saturated carbocycles. The van der Waals surface area contributed by atoms with Gasteiger partial charge in [0.1, 0.15) is 0 Å². The summed E-state index contributed by atoms with van der Waals surface area (Å²) in [5.74, 6) is 0. The van der Waals surface area contributed by atoms with E-state index in [-0.39, 0.29) is 6.10 Å². The van der Waals surface area contributed by atoms with Crippen molar-refractivity contribution in [1.82, 2.24) is 9.47 Å². The second-order valence-corrected chi connectivity index (χ2v) is 6.83. The summed E-state index contributed by atoms with van der Waals surface area (Å²) in [6, 6.07) is 8.68. The van der Waals surface area contributed by atoms with Crippen molar-refractivity contribution >= 4 is 10.9 Å². The van der Waals surface area contributed by atoms with Crippen LogP contribution in [-0.4, -0.2) is 53.5 Å². The van der Waals surface area contributed by atoms with Gasteiger partial charge in [-0.1, -0.05) is 18.2 Å². The lowest BCUT2D eigenvalue weighted by molar-refractivity contribution is 0.0116. The lowest BCUT2D eigenvalue weighted by atomic mass is 9.95. The second-order valence-electron chi connectivity index (χ2n) is 6.83. The van der Waals surface area contributed by atoms with Gasteiger partial charge in [0.15, 0.2) is 0 Å². The summed E-state index contributed by atoms with van der Waals surface area (Å²) in [5.41, 5.74) is 4.27. The number of fused-ring (bicyclic) bond motifs is 3. The van der Waals surface area contributed by atoms with Crippen LogP contribution >= 0.6 is 0 Å².